The molecule has 2 aliphatic rings. The third-order valence-electron chi connectivity index (χ3n) is 4.13. The Hall–Kier alpha value is 0.0900. The topological polar surface area (TPSA) is 65.0 Å². The monoisotopic (exact) mass is 298 g/mol. The zero-order valence-corrected chi connectivity index (χ0v) is 11.9. The normalized spacial score (nSPS) is 45.8. The number of carbonyl (C=O) groups is 1. The highest BCUT2D eigenvalue weighted by Gasteiger charge is 2.85. The summed E-state index contributed by atoms with van der Waals surface area (Å²) in [5.74, 6) is -2.45. The first-order chi connectivity index (χ1) is 8.35. The predicted molar refractivity (Wildman–Crippen MR) is 64.9 cm³/mol. The molecule has 0 spiro atoms. The maximum atomic E-state index is 12.1. The molecule has 2 bridgehead atoms. The first-order valence-corrected chi connectivity index (χ1v) is 6.30. The Morgan fingerprint density at radius 2 is 1.89 bits per heavy atom. The summed E-state index contributed by atoms with van der Waals surface area (Å²) in [7, 11) is 4.24. The summed E-state index contributed by atoms with van der Waals surface area (Å²) < 4.78 is 15.7. The van der Waals surface area contributed by atoms with E-state index in [2.05, 4.69) is 0 Å². The van der Waals surface area contributed by atoms with E-state index in [1.54, 1.807) is 0 Å². The van der Waals surface area contributed by atoms with Crippen molar-refractivity contribution in [2.75, 3.05) is 27.9 Å². The number of fused-ring (bicyclic) bond motifs is 2. The van der Waals surface area contributed by atoms with Gasteiger partial charge < -0.3 is 19.3 Å². The highest BCUT2D eigenvalue weighted by molar-refractivity contribution is 6.43. The molecule has 0 aromatic rings. The average molecular weight is 299 g/mol. The number of alkyl halides is 2. The van der Waals surface area contributed by atoms with Gasteiger partial charge >= 0.3 is 0 Å². The molecule has 0 radical (unpaired) electrons. The smallest absolute Gasteiger partial charge is 0.217 e. The van der Waals surface area contributed by atoms with Gasteiger partial charge in [-0.3, -0.25) is 4.79 Å². The molecular weight excluding hydrogens is 283 g/mol. The summed E-state index contributed by atoms with van der Waals surface area (Å²) in [6, 6.07) is 0. The van der Waals surface area contributed by atoms with Gasteiger partial charge in [-0.1, -0.05) is 0 Å². The fourth-order valence-electron chi connectivity index (χ4n) is 3.37. The van der Waals surface area contributed by atoms with E-state index < -0.39 is 27.4 Å². The van der Waals surface area contributed by atoms with Crippen LogP contribution >= 0.6 is 23.2 Å². The van der Waals surface area contributed by atoms with E-state index in [9.17, 15) is 9.90 Å². The summed E-state index contributed by atoms with van der Waals surface area (Å²) in [4.78, 5) is 9.19. The highest BCUT2D eigenvalue weighted by atomic mass is 35.5. The largest absolute Gasteiger partial charge is 0.384 e. The fraction of sp³-hybridized carbons (Fsp3) is 0.909. The number of hydrogen-bond donors (Lipinski definition) is 1. The van der Waals surface area contributed by atoms with Crippen molar-refractivity contribution in [2.45, 2.75) is 28.1 Å². The zero-order valence-electron chi connectivity index (χ0n) is 10.4. The van der Waals surface area contributed by atoms with Gasteiger partial charge in [0.1, 0.15) is 11.0 Å². The summed E-state index contributed by atoms with van der Waals surface area (Å²) in [5, 5.41) is 10.1. The average Bonchev–Trinajstić information content (AvgIpc) is 2.61. The number of rotatable bonds is 4. The molecule has 0 amide bonds. The lowest BCUT2D eigenvalue weighted by molar-refractivity contribution is -0.228. The lowest BCUT2D eigenvalue weighted by Crippen LogP contribution is -2.58. The van der Waals surface area contributed by atoms with Crippen LogP contribution in [0.1, 0.15) is 6.42 Å². The molecule has 2 aliphatic carbocycles. The molecule has 5 nitrogen and oxygen atoms in total. The van der Waals surface area contributed by atoms with Crippen LogP contribution in [-0.2, 0) is 19.0 Å². The SMILES string of the molecule is COC[C@H]1C[C@@]2(Cl)C(=O)[C@@H](O)[C@]1(Cl)C2(OC)OC. The van der Waals surface area contributed by atoms with Gasteiger partial charge in [-0.25, -0.2) is 0 Å². The van der Waals surface area contributed by atoms with E-state index in [4.69, 9.17) is 37.4 Å². The standard InChI is InChI=1S/C11H16Cl2O5/c1-16-5-6-4-9(12)7(14)8(15)10(6,13)11(9,17-2)18-3/h6,8,15H,4-5H2,1-3H3/t6-,8-,9-,10+/m1/s1. The lowest BCUT2D eigenvalue weighted by Gasteiger charge is -2.40. The van der Waals surface area contributed by atoms with E-state index in [-0.39, 0.29) is 18.9 Å². The number of Topliss-reactive ketones (excluding diaryl/α,β-unsaturated/α-hetero) is 1. The van der Waals surface area contributed by atoms with Crippen molar-refractivity contribution in [1.82, 2.24) is 0 Å². The van der Waals surface area contributed by atoms with Gasteiger partial charge in [0.2, 0.25) is 5.79 Å². The van der Waals surface area contributed by atoms with Crippen LogP contribution in [0.3, 0.4) is 0 Å². The number of ketones is 1. The van der Waals surface area contributed by atoms with E-state index in [1.807, 2.05) is 0 Å². The van der Waals surface area contributed by atoms with Gasteiger partial charge in [0.05, 0.1) is 6.61 Å². The van der Waals surface area contributed by atoms with E-state index in [0.717, 1.165) is 0 Å². The number of hydrogen-bond acceptors (Lipinski definition) is 5. The van der Waals surface area contributed by atoms with Crippen LogP contribution in [0.4, 0.5) is 0 Å². The van der Waals surface area contributed by atoms with Crippen LogP contribution in [0.2, 0.25) is 0 Å². The van der Waals surface area contributed by atoms with Crippen LogP contribution in [-0.4, -0.2) is 60.5 Å². The number of carbonyl (C=O) groups excluding carboxylic acids is 1. The zero-order chi connectivity index (χ0) is 13.8. The summed E-state index contributed by atoms with van der Waals surface area (Å²) in [6.45, 7) is 0.261. The second kappa shape index (κ2) is 4.30. The second-order valence-corrected chi connectivity index (χ2v) is 5.99. The first-order valence-electron chi connectivity index (χ1n) is 5.55. The molecule has 104 valence electrons. The van der Waals surface area contributed by atoms with Crippen molar-refractivity contribution >= 4 is 29.0 Å². The number of halogens is 2. The maximum Gasteiger partial charge on any atom is 0.217 e. The quantitative estimate of drug-likeness (QED) is 0.606. The predicted octanol–water partition coefficient (Wildman–Crippen LogP) is 0.541. The van der Waals surface area contributed by atoms with Crippen molar-refractivity contribution < 1.29 is 24.1 Å². The molecule has 1 N–H and O–H groups in total. The molecule has 0 aliphatic heterocycles. The number of methoxy groups -OCH3 is 3. The van der Waals surface area contributed by atoms with Gasteiger partial charge in [-0.05, 0) is 6.42 Å². The van der Waals surface area contributed by atoms with Crippen molar-refractivity contribution in [3.63, 3.8) is 0 Å². The van der Waals surface area contributed by atoms with Crippen LogP contribution < -0.4 is 0 Å². The number of ether oxygens (including phenoxy) is 3. The molecule has 2 rings (SSSR count). The molecular formula is C11H16Cl2O5. The third kappa shape index (κ3) is 1.25. The molecule has 0 heterocycles. The molecule has 4 atom stereocenters. The van der Waals surface area contributed by atoms with Crippen molar-refractivity contribution in [2.24, 2.45) is 5.92 Å². The third-order valence-corrected chi connectivity index (χ3v) is 5.48. The minimum absolute atomic E-state index is 0.240. The molecule has 0 saturated heterocycles. The Kier molecular flexibility index (Phi) is 3.46. The maximum absolute atomic E-state index is 12.1. The first kappa shape index (κ1) is 14.5. The van der Waals surface area contributed by atoms with E-state index in [0.29, 0.717) is 0 Å². The summed E-state index contributed by atoms with van der Waals surface area (Å²) in [5.41, 5.74) is 0. The molecule has 7 heteroatoms. The molecule has 2 fully saturated rings. The van der Waals surface area contributed by atoms with Crippen molar-refractivity contribution in [1.29, 1.82) is 0 Å². The van der Waals surface area contributed by atoms with Gasteiger partial charge in [0.15, 0.2) is 10.7 Å². The van der Waals surface area contributed by atoms with E-state index in [1.165, 1.54) is 21.3 Å². The number of aliphatic hydroxyl groups is 1. The molecule has 2 saturated carbocycles. The van der Waals surface area contributed by atoms with Gasteiger partial charge in [-0.15, -0.1) is 23.2 Å². The van der Waals surface area contributed by atoms with Crippen LogP contribution in [0.15, 0.2) is 0 Å². The van der Waals surface area contributed by atoms with Crippen molar-refractivity contribution in [3.8, 4) is 0 Å². The van der Waals surface area contributed by atoms with Crippen LogP contribution in [0.25, 0.3) is 0 Å². The summed E-state index contributed by atoms with van der Waals surface area (Å²) in [6.07, 6.45) is -1.20. The second-order valence-electron chi connectivity index (χ2n) is 4.72. The molecule has 18 heavy (non-hydrogen) atoms. The molecule has 0 aromatic carbocycles. The lowest BCUT2D eigenvalue weighted by atomic mass is 9.85. The Morgan fingerprint density at radius 3 is 2.28 bits per heavy atom. The van der Waals surface area contributed by atoms with Crippen LogP contribution in [0, 0.1) is 5.92 Å². The van der Waals surface area contributed by atoms with Gasteiger partial charge in [0.25, 0.3) is 0 Å². The van der Waals surface area contributed by atoms with E-state index >= 15 is 0 Å². The van der Waals surface area contributed by atoms with Crippen LogP contribution in [0.5, 0.6) is 0 Å². The Labute approximate surface area is 115 Å². The molecule has 0 unspecified atom stereocenters. The number of aliphatic hydroxyl groups excluding tert-OH is 1. The van der Waals surface area contributed by atoms with Crippen molar-refractivity contribution in [3.05, 3.63) is 0 Å². The summed E-state index contributed by atoms with van der Waals surface area (Å²) >= 11 is 12.9. The Morgan fingerprint density at radius 1 is 1.33 bits per heavy atom. The minimum atomic E-state index is -1.55. The van der Waals surface area contributed by atoms with Gasteiger partial charge in [-0.2, -0.15) is 0 Å². The highest BCUT2D eigenvalue weighted by Crippen LogP contribution is 2.66. The molecule has 0 aromatic heterocycles. The van der Waals surface area contributed by atoms with Gasteiger partial charge in [0, 0.05) is 27.2 Å². The Balaban J connectivity index is 2.58. The Bertz CT molecular complexity index is 372. The minimum Gasteiger partial charge on any atom is -0.384 e. The fourth-order valence-corrected chi connectivity index (χ4v) is 4.57.